The molecule has 0 atom stereocenters. The molecule has 0 unspecified atom stereocenters. The van der Waals surface area contributed by atoms with Crippen molar-refractivity contribution >= 4 is 22.7 Å². The molecule has 0 aromatic heterocycles. The van der Waals surface area contributed by atoms with Gasteiger partial charge in [0.1, 0.15) is 0 Å². The Kier molecular flexibility index (Phi) is 4.03. The lowest BCUT2D eigenvalue weighted by Crippen LogP contribution is -1.88. The van der Waals surface area contributed by atoms with Crippen LogP contribution in [-0.4, -0.2) is 0 Å². The van der Waals surface area contributed by atoms with Crippen LogP contribution < -0.4 is 5.32 Å². The van der Waals surface area contributed by atoms with Gasteiger partial charge in [-0.15, -0.1) is 0 Å². The summed E-state index contributed by atoms with van der Waals surface area (Å²) < 4.78 is 0. The van der Waals surface area contributed by atoms with Crippen LogP contribution >= 0.6 is 0 Å². The zero-order valence-corrected chi connectivity index (χ0v) is 11.5. The predicted molar refractivity (Wildman–Crippen MR) is 86.8 cm³/mol. The summed E-state index contributed by atoms with van der Waals surface area (Å²) in [5.74, 6) is 0. The average Bonchev–Trinajstić information content (AvgIpc) is 2.56. The number of azo groups is 1. The van der Waals surface area contributed by atoms with Crippen molar-refractivity contribution in [3.05, 3.63) is 84.9 Å². The van der Waals surface area contributed by atoms with E-state index in [9.17, 15) is 0 Å². The van der Waals surface area contributed by atoms with E-state index in [4.69, 9.17) is 0 Å². The first kappa shape index (κ1) is 13.1. The molecule has 0 amide bonds. The Labute approximate surface area is 124 Å². The molecule has 0 aliphatic heterocycles. The van der Waals surface area contributed by atoms with Crippen molar-refractivity contribution in [2.24, 2.45) is 10.2 Å². The molecule has 0 aliphatic carbocycles. The summed E-state index contributed by atoms with van der Waals surface area (Å²) in [5, 5.41) is 11.7. The SMILES string of the molecule is c1ccc(/N=N/c2ccc(Nc3ccccc3)cc2)cc1. The standard InChI is InChI=1S/C18H15N3/c1-3-7-15(8-4-1)19-16-11-13-18(14-12-16)21-20-17-9-5-2-6-10-17/h1-14,19H/b21-20+. The topological polar surface area (TPSA) is 36.8 Å². The van der Waals surface area contributed by atoms with E-state index < -0.39 is 0 Å². The molecule has 3 rings (SSSR count). The summed E-state index contributed by atoms with van der Waals surface area (Å²) in [5.41, 5.74) is 3.78. The highest BCUT2D eigenvalue weighted by Gasteiger charge is 1.95. The van der Waals surface area contributed by atoms with Crippen molar-refractivity contribution in [3.8, 4) is 0 Å². The highest BCUT2D eigenvalue weighted by Crippen LogP contribution is 2.22. The normalized spacial score (nSPS) is 10.7. The van der Waals surface area contributed by atoms with E-state index in [0.29, 0.717) is 0 Å². The molecular weight excluding hydrogens is 258 g/mol. The molecule has 0 aliphatic rings. The quantitative estimate of drug-likeness (QED) is 0.595. The Balaban J connectivity index is 1.68. The van der Waals surface area contributed by atoms with E-state index in [1.165, 1.54) is 0 Å². The second-order valence-electron chi connectivity index (χ2n) is 4.57. The number of nitrogens with one attached hydrogen (secondary N) is 1. The minimum absolute atomic E-state index is 0.831. The third-order valence-electron chi connectivity index (χ3n) is 2.97. The molecule has 0 spiro atoms. The Morgan fingerprint density at radius 2 is 0.952 bits per heavy atom. The Hall–Kier alpha value is -2.94. The molecule has 21 heavy (non-hydrogen) atoms. The van der Waals surface area contributed by atoms with Crippen LogP contribution in [-0.2, 0) is 0 Å². The molecule has 0 fully saturated rings. The van der Waals surface area contributed by atoms with Gasteiger partial charge in [0, 0.05) is 11.4 Å². The summed E-state index contributed by atoms with van der Waals surface area (Å²) in [6.07, 6.45) is 0. The van der Waals surface area contributed by atoms with Gasteiger partial charge < -0.3 is 5.32 Å². The molecule has 0 saturated carbocycles. The monoisotopic (exact) mass is 273 g/mol. The molecule has 3 aromatic rings. The molecular formula is C18H15N3. The van der Waals surface area contributed by atoms with E-state index in [1.54, 1.807) is 0 Å². The fourth-order valence-corrected chi connectivity index (χ4v) is 1.91. The van der Waals surface area contributed by atoms with E-state index >= 15 is 0 Å². The summed E-state index contributed by atoms with van der Waals surface area (Å²) in [7, 11) is 0. The van der Waals surface area contributed by atoms with Crippen LogP contribution in [0.4, 0.5) is 22.7 Å². The summed E-state index contributed by atoms with van der Waals surface area (Å²) >= 11 is 0. The third kappa shape index (κ3) is 3.76. The van der Waals surface area contributed by atoms with Gasteiger partial charge in [0.05, 0.1) is 11.4 Å². The lowest BCUT2D eigenvalue weighted by molar-refractivity contribution is 1.23. The number of nitrogens with zero attached hydrogens (tertiary/aromatic N) is 2. The van der Waals surface area contributed by atoms with E-state index in [1.807, 2.05) is 84.9 Å². The van der Waals surface area contributed by atoms with E-state index in [0.717, 1.165) is 22.7 Å². The highest BCUT2D eigenvalue weighted by atomic mass is 15.1. The minimum atomic E-state index is 0.831. The molecule has 3 heteroatoms. The maximum Gasteiger partial charge on any atom is 0.0858 e. The Morgan fingerprint density at radius 1 is 0.476 bits per heavy atom. The van der Waals surface area contributed by atoms with Gasteiger partial charge in [0.25, 0.3) is 0 Å². The van der Waals surface area contributed by atoms with Crippen molar-refractivity contribution in [2.75, 3.05) is 5.32 Å². The zero-order valence-electron chi connectivity index (χ0n) is 11.5. The van der Waals surface area contributed by atoms with E-state index in [2.05, 4.69) is 15.5 Å². The molecule has 0 saturated heterocycles. The molecule has 102 valence electrons. The number of para-hydroxylation sites is 1. The van der Waals surface area contributed by atoms with E-state index in [-0.39, 0.29) is 0 Å². The van der Waals surface area contributed by atoms with Crippen LogP contribution in [0, 0.1) is 0 Å². The number of anilines is 2. The summed E-state index contributed by atoms with van der Waals surface area (Å²) in [4.78, 5) is 0. The lowest BCUT2D eigenvalue weighted by Gasteiger charge is -2.05. The number of hydrogen-bond donors (Lipinski definition) is 1. The van der Waals surface area contributed by atoms with Crippen molar-refractivity contribution in [2.45, 2.75) is 0 Å². The molecule has 3 aromatic carbocycles. The second kappa shape index (κ2) is 6.48. The minimum Gasteiger partial charge on any atom is -0.356 e. The van der Waals surface area contributed by atoms with Crippen molar-refractivity contribution in [3.63, 3.8) is 0 Å². The Morgan fingerprint density at radius 3 is 1.57 bits per heavy atom. The average molecular weight is 273 g/mol. The van der Waals surface area contributed by atoms with Crippen LogP contribution in [0.25, 0.3) is 0 Å². The van der Waals surface area contributed by atoms with Gasteiger partial charge in [-0.05, 0) is 48.5 Å². The maximum absolute atomic E-state index is 4.22. The van der Waals surface area contributed by atoms with Crippen LogP contribution in [0.1, 0.15) is 0 Å². The third-order valence-corrected chi connectivity index (χ3v) is 2.97. The van der Waals surface area contributed by atoms with Gasteiger partial charge in [-0.3, -0.25) is 0 Å². The van der Waals surface area contributed by atoms with Crippen LogP contribution in [0.5, 0.6) is 0 Å². The van der Waals surface area contributed by atoms with Gasteiger partial charge in [-0.2, -0.15) is 10.2 Å². The molecule has 1 N–H and O–H groups in total. The maximum atomic E-state index is 4.22. The molecule has 0 heterocycles. The van der Waals surface area contributed by atoms with Crippen molar-refractivity contribution in [1.82, 2.24) is 0 Å². The van der Waals surface area contributed by atoms with Gasteiger partial charge in [-0.1, -0.05) is 36.4 Å². The second-order valence-corrected chi connectivity index (χ2v) is 4.57. The molecule has 0 bridgehead atoms. The zero-order chi connectivity index (χ0) is 14.3. The van der Waals surface area contributed by atoms with Gasteiger partial charge in [0.15, 0.2) is 0 Å². The van der Waals surface area contributed by atoms with Crippen LogP contribution in [0.15, 0.2) is 95.2 Å². The fraction of sp³-hybridized carbons (Fsp3) is 0. The largest absolute Gasteiger partial charge is 0.356 e. The first-order valence-corrected chi connectivity index (χ1v) is 6.79. The first-order valence-electron chi connectivity index (χ1n) is 6.79. The predicted octanol–water partition coefficient (Wildman–Crippen LogP) is 5.85. The smallest absolute Gasteiger partial charge is 0.0858 e. The van der Waals surface area contributed by atoms with Gasteiger partial charge >= 0.3 is 0 Å². The van der Waals surface area contributed by atoms with Crippen molar-refractivity contribution in [1.29, 1.82) is 0 Å². The molecule has 3 nitrogen and oxygen atoms in total. The van der Waals surface area contributed by atoms with Crippen molar-refractivity contribution < 1.29 is 0 Å². The number of benzene rings is 3. The lowest BCUT2D eigenvalue weighted by atomic mass is 10.2. The number of rotatable bonds is 4. The Bertz CT molecular complexity index is 704. The first-order chi connectivity index (χ1) is 10.4. The highest BCUT2D eigenvalue weighted by molar-refractivity contribution is 5.61. The molecule has 0 radical (unpaired) electrons. The van der Waals surface area contributed by atoms with Gasteiger partial charge in [0.2, 0.25) is 0 Å². The fourth-order valence-electron chi connectivity index (χ4n) is 1.91. The van der Waals surface area contributed by atoms with Gasteiger partial charge in [-0.25, -0.2) is 0 Å². The van der Waals surface area contributed by atoms with Crippen LogP contribution in [0.3, 0.4) is 0 Å². The van der Waals surface area contributed by atoms with Crippen LogP contribution in [0.2, 0.25) is 0 Å². The summed E-state index contributed by atoms with van der Waals surface area (Å²) in [6, 6.07) is 27.6. The summed E-state index contributed by atoms with van der Waals surface area (Å²) in [6.45, 7) is 0. The number of hydrogen-bond acceptors (Lipinski definition) is 3.